The Morgan fingerprint density at radius 2 is 2.20 bits per heavy atom. The van der Waals surface area contributed by atoms with E-state index < -0.39 is 0 Å². The van der Waals surface area contributed by atoms with Crippen molar-refractivity contribution in [1.29, 1.82) is 0 Å². The van der Waals surface area contributed by atoms with Gasteiger partial charge in [-0.15, -0.1) is 0 Å². The molecule has 1 aliphatic heterocycles. The van der Waals surface area contributed by atoms with Crippen molar-refractivity contribution in [2.75, 3.05) is 13.1 Å². The number of aromatic nitrogens is 1. The smallest absolute Gasteiger partial charge is 0.144 e. The van der Waals surface area contributed by atoms with Crippen molar-refractivity contribution in [3.63, 3.8) is 0 Å². The van der Waals surface area contributed by atoms with Crippen LogP contribution in [0.3, 0.4) is 0 Å². The summed E-state index contributed by atoms with van der Waals surface area (Å²) in [6.07, 6.45) is 5.27. The van der Waals surface area contributed by atoms with Gasteiger partial charge in [0.1, 0.15) is 5.82 Å². The van der Waals surface area contributed by atoms with Crippen molar-refractivity contribution >= 4 is 0 Å². The van der Waals surface area contributed by atoms with Crippen LogP contribution in [-0.2, 0) is 0 Å². The third kappa shape index (κ3) is 2.34. The van der Waals surface area contributed by atoms with E-state index in [2.05, 4.69) is 17.2 Å². The van der Waals surface area contributed by atoms with E-state index in [1.165, 1.54) is 6.20 Å². The van der Waals surface area contributed by atoms with Crippen LogP contribution in [0, 0.1) is 11.7 Å². The Kier molecular flexibility index (Phi) is 3.31. The molecule has 1 fully saturated rings. The van der Waals surface area contributed by atoms with Gasteiger partial charge in [0.05, 0.1) is 6.20 Å². The van der Waals surface area contributed by atoms with Crippen LogP contribution >= 0.6 is 0 Å². The zero-order chi connectivity index (χ0) is 10.7. The summed E-state index contributed by atoms with van der Waals surface area (Å²) in [5, 5.41) is 3.33. The first-order valence-electron chi connectivity index (χ1n) is 5.59. The fourth-order valence-corrected chi connectivity index (χ4v) is 2.35. The van der Waals surface area contributed by atoms with Crippen molar-refractivity contribution in [2.45, 2.75) is 25.7 Å². The largest absolute Gasteiger partial charge is 0.317 e. The molecule has 2 rings (SSSR count). The second-order valence-corrected chi connectivity index (χ2v) is 4.27. The van der Waals surface area contributed by atoms with Crippen molar-refractivity contribution in [2.24, 2.45) is 5.92 Å². The van der Waals surface area contributed by atoms with E-state index in [1.54, 1.807) is 6.20 Å². The van der Waals surface area contributed by atoms with Gasteiger partial charge >= 0.3 is 0 Å². The van der Waals surface area contributed by atoms with Gasteiger partial charge in [0.25, 0.3) is 0 Å². The molecule has 1 atom stereocenters. The zero-order valence-corrected chi connectivity index (χ0v) is 9.04. The third-order valence-corrected chi connectivity index (χ3v) is 3.39. The van der Waals surface area contributed by atoms with Crippen LogP contribution in [0.2, 0.25) is 0 Å². The highest BCUT2D eigenvalue weighted by atomic mass is 19.1. The molecule has 0 saturated carbocycles. The predicted octanol–water partition coefficient (Wildman–Crippen LogP) is 2.32. The summed E-state index contributed by atoms with van der Waals surface area (Å²) in [5.74, 6) is 0.738. The molecule has 15 heavy (non-hydrogen) atoms. The van der Waals surface area contributed by atoms with Crippen molar-refractivity contribution in [1.82, 2.24) is 10.3 Å². The first-order valence-corrected chi connectivity index (χ1v) is 5.59. The van der Waals surface area contributed by atoms with Crippen LogP contribution in [0.15, 0.2) is 18.5 Å². The molecular formula is C12H17FN2. The molecule has 2 heterocycles. The zero-order valence-electron chi connectivity index (χ0n) is 9.04. The summed E-state index contributed by atoms with van der Waals surface area (Å²) >= 11 is 0. The molecule has 1 aromatic heterocycles. The Bertz CT molecular complexity index is 321. The first kappa shape index (κ1) is 10.6. The Morgan fingerprint density at radius 3 is 2.87 bits per heavy atom. The van der Waals surface area contributed by atoms with Crippen molar-refractivity contribution in [3.05, 3.63) is 29.8 Å². The topological polar surface area (TPSA) is 24.9 Å². The standard InChI is InChI=1S/C12H17FN2/c1-9(10-2-5-14-6-3-10)11-4-7-15-8-12(11)13/h4,7-10,14H,2-3,5-6H2,1H3. The molecular weight excluding hydrogens is 191 g/mol. The molecule has 0 amide bonds. The third-order valence-electron chi connectivity index (χ3n) is 3.39. The molecule has 0 radical (unpaired) electrons. The summed E-state index contributed by atoms with van der Waals surface area (Å²) in [6, 6.07) is 1.81. The summed E-state index contributed by atoms with van der Waals surface area (Å²) in [4.78, 5) is 3.79. The molecule has 1 N–H and O–H groups in total. The highest BCUT2D eigenvalue weighted by molar-refractivity contribution is 5.18. The minimum absolute atomic E-state index is 0.163. The Morgan fingerprint density at radius 1 is 1.47 bits per heavy atom. The Hall–Kier alpha value is -0.960. The van der Waals surface area contributed by atoms with Gasteiger partial charge in [0, 0.05) is 6.20 Å². The van der Waals surface area contributed by atoms with Crippen LogP contribution in [0.1, 0.15) is 31.2 Å². The molecule has 0 aliphatic carbocycles. The van der Waals surface area contributed by atoms with Crippen LogP contribution < -0.4 is 5.32 Å². The van der Waals surface area contributed by atoms with Crippen LogP contribution in [0.4, 0.5) is 4.39 Å². The van der Waals surface area contributed by atoms with E-state index in [0.717, 1.165) is 31.5 Å². The van der Waals surface area contributed by atoms with Gasteiger partial charge in [0.15, 0.2) is 0 Å². The van der Waals surface area contributed by atoms with Gasteiger partial charge in [0.2, 0.25) is 0 Å². The molecule has 1 saturated heterocycles. The summed E-state index contributed by atoms with van der Waals surface area (Å²) < 4.78 is 13.5. The van der Waals surface area contributed by atoms with E-state index in [1.807, 2.05) is 6.07 Å². The number of halogens is 1. The van der Waals surface area contributed by atoms with E-state index in [-0.39, 0.29) is 5.82 Å². The number of hydrogen-bond donors (Lipinski definition) is 1. The van der Waals surface area contributed by atoms with Crippen LogP contribution in [-0.4, -0.2) is 18.1 Å². The SMILES string of the molecule is CC(c1ccncc1F)C1CCNCC1. The van der Waals surface area contributed by atoms with E-state index in [9.17, 15) is 4.39 Å². The maximum absolute atomic E-state index is 13.5. The Balaban J connectivity index is 2.12. The van der Waals surface area contributed by atoms with Crippen LogP contribution in [0.5, 0.6) is 0 Å². The average molecular weight is 208 g/mol. The molecule has 0 spiro atoms. The minimum Gasteiger partial charge on any atom is -0.317 e. The van der Waals surface area contributed by atoms with Gasteiger partial charge in [-0.1, -0.05) is 6.92 Å². The summed E-state index contributed by atoms with van der Waals surface area (Å²) in [6.45, 7) is 4.23. The first-order chi connectivity index (χ1) is 7.29. The molecule has 1 aliphatic rings. The highest BCUT2D eigenvalue weighted by Crippen LogP contribution is 2.31. The molecule has 0 aromatic carbocycles. The lowest BCUT2D eigenvalue weighted by molar-refractivity contribution is 0.325. The molecule has 82 valence electrons. The number of nitrogens with one attached hydrogen (secondary N) is 1. The van der Waals surface area contributed by atoms with E-state index >= 15 is 0 Å². The van der Waals surface area contributed by atoms with E-state index in [0.29, 0.717) is 11.8 Å². The number of nitrogens with zero attached hydrogens (tertiary/aromatic N) is 1. The Labute approximate surface area is 89.9 Å². The van der Waals surface area contributed by atoms with Crippen LogP contribution in [0.25, 0.3) is 0 Å². The number of hydrogen-bond acceptors (Lipinski definition) is 2. The van der Waals surface area contributed by atoms with Gasteiger partial charge < -0.3 is 5.32 Å². The molecule has 1 unspecified atom stereocenters. The molecule has 0 bridgehead atoms. The van der Waals surface area contributed by atoms with Crippen molar-refractivity contribution < 1.29 is 4.39 Å². The second-order valence-electron chi connectivity index (χ2n) is 4.27. The van der Waals surface area contributed by atoms with Gasteiger partial charge in [-0.2, -0.15) is 0 Å². The number of pyridine rings is 1. The quantitative estimate of drug-likeness (QED) is 0.806. The summed E-state index contributed by atoms with van der Waals surface area (Å²) in [5.41, 5.74) is 0.817. The van der Waals surface area contributed by atoms with Crippen molar-refractivity contribution in [3.8, 4) is 0 Å². The van der Waals surface area contributed by atoms with E-state index in [4.69, 9.17) is 0 Å². The average Bonchev–Trinajstić information content (AvgIpc) is 2.30. The lowest BCUT2D eigenvalue weighted by Gasteiger charge is -2.28. The fourth-order valence-electron chi connectivity index (χ4n) is 2.35. The lowest BCUT2D eigenvalue weighted by atomic mass is 9.82. The molecule has 1 aromatic rings. The predicted molar refractivity (Wildman–Crippen MR) is 58.2 cm³/mol. The molecule has 3 heteroatoms. The maximum Gasteiger partial charge on any atom is 0.144 e. The monoisotopic (exact) mass is 208 g/mol. The fraction of sp³-hybridized carbons (Fsp3) is 0.583. The normalized spacial score (nSPS) is 20.1. The van der Waals surface area contributed by atoms with Gasteiger partial charge in [-0.3, -0.25) is 4.98 Å². The lowest BCUT2D eigenvalue weighted by Crippen LogP contribution is -2.30. The minimum atomic E-state index is -0.163. The number of rotatable bonds is 2. The highest BCUT2D eigenvalue weighted by Gasteiger charge is 2.22. The number of piperidine rings is 1. The second kappa shape index (κ2) is 4.71. The molecule has 2 nitrogen and oxygen atoms in total. The van der Waals surface area contributed by atoms with Gasteiger partial charge in [-0.25, -0.2) is 4.39 Å². The maximum atomic E-state index is 13.5. The summed E-state index contributed by atoms with van der Waals surface area (Å²) in [7, 11) is 0. The van der Waals surface area contributed by atoms with Gasteiger partial charge in [-0.05, 0) is 49.4 Å².